The fourth-order valence-electron chi connectivity index (χ4n) is 3.36. The predicted octanol–water partition coefficient (Wildman–Crippen LogP) is 2.44. The molecule has 2 aromatic rings. The Bertz CT molecular complexity index is 800. The van der Waals surface area contributed by atoms with Crippen LogP contribution >= 0.6 is 0 Å². The molecule has 1 fully saturated rings. The number of benzene rings is 2. The first-order valence-corrected chi connectivity index (χ1v) is 8.92. The van der Waals surface area contributed by atoms with Crippen LogP contribution in [0.3, 0.4) is 0 Å². The summed E-state index contributed by atoms with van der Waals surface area (Å²) in [6.07, 6.45) is 4.78. The molecule has 0 aliphatic carbocycles. The Labute approximate surface area is 153 Å². The molecule has 1 saturated heterocycles. The Morgan fingerprint density at radius 1 is 0.923 bits per heavy atom. The molecule has 3 N–H and O–H groups in total. The third-order valence-corrected chi connectivity index (χ3v) is 4.49. The van der Waals surface area contributed by atoms with Gasteiger partial charge in [-0.2, -0.15) is 0 Å². The summed E-state index contributed by atoms with van der Waals surface area (Å²) < 4.78 is 0. The molecule has 4 nitrogen and oxygen atoms in total. The summed E-state index contributed by atoms with van der Waals surface area (Å²) >= 11 is 0. The molecule has 0 saturated carbocycles. The molecule has 0 radical (unpaired) electrons. The van der Waals surface area contributed by atoms with E-state index in [-0.39, 0.29) is 17.3 Å². The Hall–Kier alpha value is -2.85. The lowest BCUT2D eigenvalue weighted by Gasteiger charge is -2.26. The number of carbonyl (C=O) groups excluding carboxylic acids is 1. The molecule has 2 aromatic carbocycles. The van der Waals surface area contributed by atoms with Gasteiger partial charge in [0.25, 0.3) is 0 Å². The molecule has 0 amide bonds. The van der Waals surface area contributed by atoms with Crippen molar-refractivity contribution >= 4 is 17.9 Å². The zero-order valence-electron chi connectivity index (χ0n) is 14.9. The van der Waals surface area contributed by atoms with Gasteiger partial charge in [-0.3, -0.25) is 4.79 Å². The number of phenolic OH excluding ortho intramolecular Hbond substituents is 2. The van der Waals surface area contributed by atoms with Crippen LogP contribution in [0.25, 0.3) is 12.2 Å². The van der Waals surface area contributed by atoms with Crippen molar-refractivity contribution in [3.05, 3.63) is 70.8 Å². The van der Waals surface area contributed by atoms with Crippen molar-refractivity contribution in [2.75, 3.05) is 19.6 Å². The minimum absolute atomic E-state index is 0.0385. The van der Waals surface area contributed by atoms with Crippen LogP contribution in [0.15, 0.2) is 59.7 Å². The summed E-state index contributed by atoms with van der Waals surface area (Å²) in [6.45, 7) is 4.49. The zero-order chi connectivity index (χ0) is 18.5. The third kappa shape index (κ3) is 4.41. The highest BCUT2D eigenvalue weighted by molar-refractivity contribution is 6.14. The summed E-state index contributed by atoms with van der Waals surface area (Å²) in [4.78, 5) is 14.3. The van der Waals surface area contributed by atoms with E-state index in [1.165, 1.54) is 4.90 Å². The number of Topliss-reactive ketones (excluding diaryl/α,β-unsaturated/α-hetero) is 1. The highest BCUT2D eigenvalue weighted by atomic mass is 16.3. The van der Waals surface area contributed by atoms with Crippen LogP contribution in [0.5, 0.6) is 11.5 Å². The standard InChI is InChI=1S/C22H23NO3/c1-2-9-23-14-18(10-16-5-3-7-20(24)12-16)22(26)19(15-23)11-17-6-4-8-21(25)13-17/h3-8,10-13,24-25H,2,9,14-15H2,1H3/p+1/b18-10-,19-11+. The Balaban J connectivity index is 1.96. The van der Waals surface area contributed by atoms with Crippen molar-refractivity contribution in [1.29, 1.82) is 0 Å². The summed E-state index contributed by atoms with van der Waals surface area (Å²) in [5.41, 5.74) is 3.14. The van der Waals surface area contributed by atoms with E-state index in [1.54, 1.807) is 36.4 Å². The molecule has 1 aliphatic heterocycles. The smallest absolute Gasteiger partial charge is 0.196 e. The lowest BCUT2D eigenvalue weighted by Crippen LogP contribution is -3.13. The van der Waals surface area contributed by atoms with Crippen molar-refractivity contribution < 1.29 is 19.9 Å². The number of quaternary nitrogens is 1. The van der Waals surface area contributed by atoms with Gasteiger partial charge in [-0.1, -0.05) is 31.2 Å². The first-order valence-electron chi connectivity index (χ1n) is 8.92. The molecule has 1 aliphatic rings. The van der Waals surface area contributed by atoms with Crippen molar-refractivity contribution in [2.45, 2.75) is 13.3 Å². The van der Waals surface area contributed by atoms with Gasteiger partial charge in [0.05, 0.1) is 17.7 Å². The molecule has 1 unspecified atom stereocenters. The molecule has 1 atom stereocenters. The van der Waals surface area contributed by atoms with Gasteiger partial charge < -0.3 is 15.1 Å². The van der Waals surface area contributed by atoms with Crippen LogP contribution in [-0.4, -0.2) is 35.6 Å². The largest absolute Gasteiger partial charge is 0.508 e. The Morgan fingerprint density at radius 3 is 1.85 bits per heavy atom. The number of piperidine rings is 1. The summed E-state index contributed by atoms with van der Waals surface area (Å²) in [5, 5.41) is 19.3. The van der Waals surface area contributed by atoms with E-state index in [0.717, 1.165) is 35.2 Å². The molecule has 0 spiro atoms. The minimum Gasteiger partial charge on any atom is -0.508 e. The zero-order valence-corrected chi connectivity index (χ0v) is 14.9. The second-order valence-electron chi connectivity index (χ2n) is 6.71. The number of carbonyl (C=O) groups is 1. The van der Waals surface area contributed by atoms with E-state index in [0.29, 0.717) is 13.1 Å². The van der Waals surface area contributed by atoms with Crippen LogP contribution in [0, 0.1) is 0 Å². The number of aromatic hydroxyl groups is 2. The van der Waals surface area contributed by atoms with E-state index in [2.05, 4.69) is 6.92 Å². The number of likely N-dealkylation sites (tertiary alicyclic amines) is 1. The van der Waals surface area contributed by atoms with Gasteiger partial charge in [-0.05, 0) is 54.0 Å². The van der Waals surface area contributed by atoms with Crippen molar-refractivity contribution in [3.8, 4) is 11.5 Å². The van der Waals surface area contributed by atoms with E-state index in [9.17, 15) is 15.0 Å². The van der Waals surface area contributed by atoms with E-state index in [4.69, 9.17) is 0 Å². The first-order chi connectivity index (χ1) is 12.5. The fourth-order valence-corrected chi connectivity index (χ4v) is 3.36. The molecule has 3 rings (SSSR count). The van der Waals surface area contributed by atoms with Gasteiger partial charge in [0.15, 0.2) is 5.78 Å². The van der Waals surface area contributed by atoms with Crippen molar-refractivity contribution in [2.24, 2.45) is 0 Å². The number of hydrogen-bond donors (Lipinski definition) is 3. The van der Waals surface area contributed by atoms with Gasteiger partial charge >= 0.3 is 0 Å². The molecule has 0 bridgehead atoms. The lowest BCUT2D eigenvalue weighted by molar-refractivity contribution is -0.891. The molecule has 0 aromatic heterocycles. The lowest BCUT2D eigenvalue weighted by atomic mass is 9.94. The van der Waals surface area contributed by atoms with Gasteiger partial charge in [-0.15, -0.1) is 0 Å². The maximum atomic E-state index is 13.0. The maximum Gasteiger partial charge on any atom is 0.196 e. The SMILES string of the molecule is CCC[NH+]1C/C(=C/c2cccc(O)c2)C(=O)/C(=C/c2cccc(O)c2)C1. The molecule has 134 valence electrons. The van der Waals surface area contributed by atoms with Crippen LogP contribution in [0.1, 0.15) is 24.5 Å². The van der Waals surface area contributed by atoms with E-state index < -0.39 is 0 Å². The van der Waals surface area contributed by atoms with E-state index in [1.807, 2.05) is 24.3 Å². The van der Waals surface area contributed by atoms with Gasteiger partial charge in [0, 0.05) is 0 Å². The van der Waals surface area contributed by atoms with Gasteiger partial charge in [-0.25, -0.2) is 0 Å². The van der Waals surface area contributed by atoms with Crippen LogP contribution in [-0.2, 0) is 4.79 Å². The second-order valence-corrected chi connectivity index (χ2v) is 6.71. The van der Waals surface area contributed by atoms with Crippen LogP contribution < -0.4 is 4.90 Å². The Morgan fingerprint density at radius 2 is 1.42 bits per heavy atom. The summed E-state index contributed by atoms with van der Waals surface area (Å²) in [6, 6.07) is 13.9. The number of hydrogen-bond acceptors (Lipinski definition) is 3. The van der Waals surface area contributed by atoms with Crippen LogP contribution in [0.4, 0.5) is 0 Å². The van der Waals surface area contributed by atoms with Crippen LogP contribution in [0.2, 0.25) is 0 Å². The molecule has 26 heavy (non-hydrogen) atoms. The number of ketones is 1. The fraction of sp³-hybridized carbons (Fsp3) is 0.227. The van der Waals surface area contributed by atoms with Crippen molar-refractivity contribution in [1.82, 2.24) is 0 Å². The minimum atomic E-state index is 0.0385. The van der Waals surface area contributed by atoms with Gasteiger partial charge in [0.1, 0.15) is 24.6 Å². The van der Waals surface area contributed by atoms with Gasteiger partial charge in [0.2, 0.25) is 0 Å². The monoisotopic (exact) mass is 350 g/mol. The first kappa shape index (κ1) is 18.0. The number of phenols is 2. The second kappa shape index (κ2) is 8.02. The Kier molecular flexibility index (Phi) is 5.54. The molecular weight excluding hydrogens is 326 g/mol. The average Bonchev–Trinajstić information content (AvgIpc) is 2.59. The highest BCUT2D eigenvalue weighted by Gasteiger charge is 2.28. The summed E-state index contributed by atoms with van der Waals surface area (Å²) in [5.74, 6) is 0.420. The molecule has 4 heteroatoms. The third-order valence-electron chi connectivity index (χ3n) is 4.49. The number of rotatable bonds is 4. The van der Waals surface area contributed by atoms with Crippen molar-refractivity contribution in [3.63, 3.8) is 0 Å². The molecule has 1 heterocycles. The normalized spacial score (nSPS) is 20.7. The van der Waals surface area contributed by atoms with E-state index >= 15 is 0 Å². The topological polar surface area (TPSA) is 62.0 Å². The predicted molar refractivity (Wildman–Crippen MR) is 103 cm³/mol. The average molecular weight is 350 g/mol. The number of nitrogens with one attached hydrogen (secondary N) is 1. The summed E-state index contributed by atoms with van der Waals surface area (Å²) in [7, 11) is 0. The maximum absolute atomic E-state index is 13.0. The quantitative estimate of drug-likeness (QED) is 0.742. The molecular formula is C22H24NO3+. The highest BCUT2D eigenvalue weighted by Crippen LogP contribution is 2.19.